The van der Waals surface area contributed by atoms with Crippen molar-refractivity contribution >= 4 is 17.6 Å². The first kappa shape index (κ1) is 19.2. The number of hydrogen-bond donors (Lipinski definition) is 0. The molecular formula is C21H22N2O3. The van der Waals surface area contributed by atoms with Crippen LogP contribution in [0.5, 0.6) is 0 Å². The number of carbonyl (C=O) groups is 2. The van der Waals surface area contributed by atoms with E-state index in [9.17, 15) is 9.59 Å². The van der Waals surface area contributed by atoms with Gasteiger partial charge in [-0.2, -0.15) is 5.26 Å². The molecule has 0 aromatic heterocycles. The van der Waals surface area contributed by atoms with Crippen molar-refractivity contribution in [2.24, 2.45) is 0 Å². The first-order valence-corrected chi connectivity index (χ1v) is 8.45. The molecule has 0 saturated heterocycles. The highest BCUT2D eigenvalue weighted by atomic mass is 16.5. The number of benzene rings is 2. The van der Waals surface area contributed by atoms with Gasteiger partial charge in [-0.25, -0.2) is 0 Å². The number of esters is 1. The van der Waals surface area contributed by atoms with Crippen LogP contribution in [-0.2, 0) is 20.7 Å². The lowest BCUT2D eigenvalue weighted by Gasteiger charge is -2.21. The molecule has 134 valence electrons. The van der Waals surface area contributed by atoms with Crippen LogP contribution in [0.2, 0.25) is 0 Å². The summed E-state index contributed by atoms with van der Waals surface area (Å²) in [6, 6.07) is 17.0. The van der Waals surface area contributed by atoms with Crippen molar-refractivity contribution in [3.05, 3.63) is 65.2 Å². The van der Waals surface area contributed by atoms with E-state index in [1.165, 1.54) is 4.90 Å². The molecule has 0 bridgehead atoms. The van der Waals surface area contributed by atoms with Crippen LogP contribution < -0.4 is 4.90 Å². The molecule has 0 unspecified atom stereocenters. The Balaban J connectivity index is 1.95. The summed E-state index contributed by atoms with van der Waals surface area (Å²) in [7, 11) is 0. The summed E-state index contributed by atoms with van der Waals surface area (Å²) in [5, 5.41) is 8.82. The van der Waals surface area contributed by atoms with Gasteiger partial charge in [-0.15, -0.1) is 0 Å². The molecule has 0 N–H and O–H groups in total. The topological polar surface area (TPSA) is 70.4 Å². The lowest BCUT2D eigenvalue weighted by atomic mass is 10.1. The van der Waals surface area contributed by atoms with Crippen LogP contribution in [0.4, 0.5) is 5.69 Å². The zero-order chi connectivity index (χ0) is 18.9. The highest BCUT2D eigenvalue weighted by molar-refractivity contribution is 5.95. The molecule has 2 rings (SSSR count). The Labute approximate surface area is 153 Å². The fraction of sp³-hybridized carbons (Fsp3) is 0.286. The second kappa shape index (κ2) is 9.38. The summed E-state index contributed by atoms with van der Waals surface area (Å²) in [5.41, 5.74) is 3.72. The predicted molar refractivity (Wildman–Crippen MR) is 99.6 cm³/mol. The standard InChI is InChI=1S/C21H22N2O3/c1-16-4-8-18(9-5-16)14-21(25)26-15-20(24)23(13-3-12-22)19-10-6-17(2)7-11-19/h4-11H,3,13-15H2,1-2H3. The Morgan fingerprint density at radius 2 is 1.58 bits per heavy atom. The molecule has 0 spiro atoms. The maximum atomic E-state index is 12.5. The molecule has 0 aliphatic carbocycles. The van der Waals surface area contributed by atoms with Gasteiger partial charge in [0.25, 0.3) is 5.91 Å². The lowest BCUT2D eigenvalue weighted by molar-refractivity contribution is -0.147. The van der Waals surface area contributed by atoms with E-state index in [0.717, 1.165) is 16.7 Å². The van der Waals surface area contributed by atoms with Gasteiger partial charge in [0.15, 0.2) is 6.61 Å². The Morgan fingerprint density at radius 3 is 2.15 bits per heavy atom. The van der Waals surface area contributed by atoms with Crippen molar-refractivity contribution in [1.29, 1.82) is 5.26 Å². The molecule has 2 aromatic carbocycles. The second-order valence-corrected chi connectivity index (χ2v) is 6.11. The average Bonchev–Trinajstić information content (AvgIpc) is 2.63. The Kier molecular flexibility index (Phi) is 6.92. The van der Waals surface area contributed by atoms with Gasteiger partial charge in [-0.05, 0) is 31.5 Å². The number of hydrogen-bond acceptors (Lipinski definition) is 4. The number of ether oxygens (including phenoxy) is 1. The van der Waals surface area contributed by atoms with Gasteiger partial charge in [0.05, 0.1) is 18.9 Å². The van der Waals surface area contributed by atoms with Crippen LogP contribution in [0, 0.1) is 25.2 Å². The third kappa shape index (κ3) is 5.75. The second-order valence-electron chi connectivity index (χ2n) is 6.11. The average molecular weight is 350 g/mol. The van der Waals surface area contributed by atoms with Gasteiger partial charge in [0.1, 0.15) is 0 Å². The molecule has 5 heteroatoms. The number of nitrogens with zero attached hydrogens (tertiary/aromatic N) is 2. The number of amides is 1. The van der Waals surface area contributed by atoms with Crippen molar-refractivity contribution < 1.29 is 14.3 Å². The highest BCUT2D eigenvalue weighted by Gasteiger charge is 2.17. The molecule has 5 nitrogen and oxygen atoms in total. The van der Waals surface area contributed by atoms with Crippen LogP contribution >= 0.6 is 0 Å². The van der Waals surface area contributed by atoms with Crippen LogP contribution in [0.15, 0.2) is 48.5 Å². The lowest BCUT2D eigenvalue weighted by Crippen LogP contribution is -2.35. The SMILES string of the molecule is Cc1ccc(CC(=O)OCC(=O)N(CCC#N)c2ccc(C)cc2)cc1. The number of anilines is 1. The number of rotatable bonds is 7. The van der Waals surface area contributed by atoms with Gasteiger partial charge in [-0.3, -0.25) is 9.59 Å². The third-order valence-corrected chi connectivity index (χ3v) is 3.92. The molecule has 0 aliphatic rings. The van der Waals surface area contributed by atoms with Gasteiger partial charge < -0.3 is 9.64 Å². The van der Waals surface area contributed by atoms with Gasteiger partial charge in [0, 0.05) is 12.2 Å². The molecule has 0 atom stereocenters. The fourth-order valence-corrected chi connectivity index (χ4v) is 2.43. The zero-order valence-electron chi connectivity index (χ0n) is 15.1. The van der Waals surface area contributed by atoms with E-state index in [4.69, 9.17) is 10.00 Å². The van der Waals surface area contributed by atoms with Crippen molar-refractivity contribution in [3.63, 3.8) is 0 Å². The number of aryl methyl sites for hydroxylation is 2. The van der Waals surface area contributed by atoms with Crippen molar-refractivity contribution in [3.8, 4) is 6.07 Å². The molecule has 0 aliphatic heterocycles. The molecule has 0 saturated carbocycles. The van der Waals surface area contributed by atoms with Gasteiger partial charge in [-0.1, -0.05) is 47.5 Å². The molecule has 2 aromatic rings. The van der Waals surface area contributed by atoms with Crippen LogP contribution in [0.25, 0.3) is 0 Å². The molecule has 0 fully saturated rings. The van der Waals surface area contributed by atoms with Crippen molar-refractivity contribution in [2.75, 3.05) is 18.1 Å². The quantitative estimate of drug-likeness (QED) is 0.718. The zero-order valence-corrected chi connectivity index (χ0v) is 15.1. The predicted octanol–water partition coefficient (Wildman–Crippen LogP) is 3.34. The third-order valence-electron chi connectivity index (χ3n) is 3.92. The van der Waals surface area contributed by atoms with E-state index in [0.29, 0.717) is 5.69 Å². The van der Waals surface area contributed by atoms with E-state index in [2.05, 4.69) is 0 Å². The monoisotopic (exact) mass is 350 g/mol. The maximum absolute atomic E-state index is 12.5. The van der Waals surface area contributed by atoms with E-state index in [1.54, 1.807) is 0 Å². The highest BCUT2D eigenvalue weighted by Crippen LogP contribution is 2.16. The van der Waals surface area contributed by atoms with E-state index in [-0.39, 0.29) is 31.9 Å². The van der Waals surface area contributed by atoms with Gasteiger partial charge in [0.2, 0.25) is 0 Å². The molecular weight excluding hydrogens is 328 g/mol. The molecule has 1 amide bonds. The summed E-state index contributed by atoms with van der Waals surface area (Å²) in [5.74, 6) is -0.798. The Hall–Kier alpha value is -3.13. The minimum Gasteiger partial charge on any atom is -0.455 e. The Morgan fingerprint density at radius 1 is 1.00 bits per heavy atom. The number of nitriles is 1. The first-order chi connectivity index (χ1) is 12.5. The van der Waals surface area contributed by atoms with Crippen molar-refractivity contribution in [1.82, 2.24) is 0 Å². The summed E-state index contributed by atoms with van der Waals surface area (Å²) in [6.45, 7) is 3.84. The summed E-state index contributed by atoms with van der Waals surface area (Å²) < 4.78 is 5.13. The van der Waals surface area contributed by atoms with Gasteiger partial charge >= 0.3 is 5.97 Å². The Bertz CT molecular complexity index is 790. The molecule has 0 radical (unpaired) electrons. The molecule has 0 heterocycles. The van der Waals surface area contributed by atoms with Crippen LogP contribution in [0.3, 0.4) is 0 Å². The van der Waals surface area contributed by atoms with Crippen LogP contribution in [-0.4, -0.2) is 25.0 Å². The minimum absolute atomic E-state index is 0.121. The normalized spacial score (nSPS) is 10.0. The van der Waals surface area contributed by atoms with E-state index in [1.807, 2.05) is 68.4 Å². The van der Waals surface area contributed by atoms with Crippen molar-refractivity contribution in [2.45, 2.75) is 26.7 Å². The fourth-order valence-electron chi connectivity index (χ4n) is 2.43. The van der Waals surface area contributed by atoms with E-state index >= 15 is 0 Å². The smallest absolute Gasteiger partial charge is 0.310 e. The summed E-state index contributed by atoms with van der Waals surface area (Å²) in [6.07, 6.45) is 0.327. The van der Waals surface area contributed by atoms with E-state index < -0.39 is 5.97 Å². The first-order valence-electron chi connectivity index (χ1n) is 8.45. The summed E-state index contributed by atoms with van der Waals surface area (Å²) >= 11 is 0. The number of carbonyl (C=O) groups excluding carboxylic acids is 2. The maximum Gasteiger partial charge on any atom is 0.310 e. The minimum atomic E-state index is -0.452. The van der Waals surface area contributed by atoms with Crippen LogP contribution in [0.1, 0.15) is 23.1 Å². The largest absolute Gasteiger partial charge is 0.455 e. The summed E-state index contributed by atoms with van der Waals surface area (Å²) in [4.78, 5) is 25.9. The molecule has 26 heavy (non-hydrogen) atoms.